The number of carbonyl (C=O) groups excluding carboxylic acids is 3. The molecule has 7 nitrogen and oxygen atoms in total. The molecule has 0 aromatic carbocycles. The molecule has 1 saturated carbocycles. The van der Waals surface area contributed by atoms with E-state index in [4.69, 9.17) is 15.4 Å². The van der Waals surface area contributed by atoms with Gasteiger partial charge < -0.3 is 15.0 Å². The van der Waals surface area contributed by atoms with E-state index in [0.717, 1.165) is 12.8 Å². The number of carbonyl (C=O) groups is 3. The molecule has 1 aliphatic heterocycles. The molecule has 26 heavy (non-hydrogen) atoms. The van der Waals surface area contributed by atoms with Crippen LogP contribution in [-0.4, -0.2) is 47.5 Å². The molecule has 0 spiro atoms. The Bertz CT molecular complexity index is 639. The number of ether oxygens (including phenoxy) is 1. The first-order valence-electron chi connectivity index (χ1n) is 9.19. The van der Waals surface area contributed by atoms with Gasteiger partial charge in [0, 0.05) is 24.7 Å². The quantitative estimate of drug-likeness (QED) is 0.574. The zero-order valence-corrected chi connectivity index (χ0v) is 15.7. The number of hydrogen-bond donors (Lipinski definition) is 1. The van der Waals surface area contributed by atoms with Crippen molar-refractivity contribution in [3.05, 3.63) is 0 Å². The normalized spacial score (nSPS) is 29.8. The van der Waals surface area contributed by atoms with Gasteiger partial charge in [-0.05, 0) is 25.2 Å². The van der Waals surface area contributed by atoms with Gasteiger partial charge in [-0.25, -0.2) is 0 Å². The van der Waals surface area contributed by atoms with Crippen molar-refractivity contribution >= 4 is 23.4 Å². The first-order chi connectivity index (χ1) is 12.3. The summed E-state index contributed by atoms with van der Waals surface area (Å²) in [5, 5.41) is 16.3. The van der Waals surface area contributed by atoms with Crippen molar-refractivity contribution in [2.45, 2.75) is 52.5 Å². The fraction of sp³-hybridized carbons (Fsp3) is 0.737. The van der Waals surface area contributed by atoms with Crippen LogP contribution in [0.5, 0.6) is 0 Å². The summed E-state index contributed by atoms with van der Waals surface area (Å²) in [6.45, 7) is 5.53. The van der Waals surface area contributed by atoms with Crippen LogP contribution in [0.4, 0.5) is 0 Å². The average Bonchev–Trinajstić information content (AvgIpc) is 2.97. The number of ketones is 1. The van der Waals surface area contributed by atoms with Crippen LogP contribution in [0.15, 0.2) is 0 Å². The Hall–Kier alpha value is -2.23. The Morgan fingerprint density at radius 1 is 1.38 bits per heavy atom. The smallest absolute Gasteiger partial charge is 0.311 e. The predicted octanol–water partition coefficient (Wildman–Crippen LogP) is 1.95. The Kier molecular flexibility index (Phi) is 6.52. The molecule has 0 radical (unpaired) electrons. The molecule has 142 valence electrons. The molecule has 0 aromatic heterocycles. The van der Waals surface area contributed by atoms with Crippen molar-refractivity contribution in [1.82, 2.24) is 4.90 Å². The molecule has 5 atom stereocenters. The molecule has 2 rings (SSSR count). The van der Waals surface area contributed by atoms with Crippen LogP contribution in [0.3, 0.4) is 0 Å². The number of nitrogens with zero attached hydrogens (tertiary/aromatic N) is 2. The second-order valence-electron chi connectivity index (χ2n) is 7.60. The highest BCUT2D eigenvalue weighted by molar-refractivity contribution is 6.06. The first-order valence-corrected chi connectivity index (χ1v) is 9.19. The Balaban J connectivity index is 1.91. The van der Waals surface area contributed by atoms with Gasteiger partial charge in [0.25, 0.3) is 0 Å². The molecule has 7 heteroatoms. The minimum atomic E-state index is -1.19. The lowest BCUT2D eigenvalue weighted by Gasteiger charge is -2.39. The first kappa shape index (κ1) is 20.1. The van der Waals surface area contributed by atoms with Crippen LogP contribution in [0.25, 0.3) is 0 Å². The maximum Gasteiger partial charge on any atom is 0.311 e. The highest BCUT2D eigenvalue weighted by atomic mass is 16.5. The molecule has 1 heterocycles. The predicted molar refractivity (Wildman–Crippen MR) is 94.3 cm³/mol. The van der Waals surface area contributed by atoms with E-state index >= 15 is 0 Å². The summed E-state index contributed by atoms with van der Waals surface area (Å²) < 4.78 is 5.04. The standard InChI is InChI=1S/C19H27N3O4/c1-11-5-4-6-16(12(11)2)22-9-14(7-18(22)24)19(25)26-10-17(23)15(8-20)13(3)21/h11-12,14-16,21H,4-7,9-10H2,1-3H3/t11-,12-,14-,15-,16-/m1/s1. The van der Waals surface area contributed by atoms with Gasteiger partial charge in [0.1, 0.15) is 5.92 Å². The average molecular weight is 361 g/mol. The summed E-state index contributed by atoms with van der Waals surface area (Å²) in [4.78, 5) is 38.3. The Morgan fingerprint density at radius 3 is 2.69 bits per heavy atom. The van der Waals surface area contributed by atoms with Gasteiger partial charge in [-0.2, -0.15) is 5.26 Å². The van der Waals surface area contributed by atoms with E-state index in [2.05, 4.69) is 13.8 Å². The van der Waals surface area contributed by atoms with Crippen LogP contribution in [0.1, 0.15) is 46.5 Å². The number of Topliss-reactive ketones (excluding diaryl/α,β-unsaturated/α-hetero) is 1. The van der Waals surface area contributed by atoms with Crippen molar-refractivity contribution in [2.24, 2.45) is 23.7 Å². The fourth-order valence-corrected chi connectivity index (χ4v) is 3.96. The number of nitrogens with one attached hydrogen (secondary N) is 1. The molecule has 0 unspecified atom stereocenters. The van der Waals surface area contributed by atoms with Gasteiger partial charge in [-0.3, -0.25) is 14.4 Å². The van der Waals surface area contributed by atoms with E-state index < -0.39 is 30.2 Å². The van der Waals surface area contributed by atoms with Gasteiger partial charge in [0.05, 0.1) is 12.0 Å². The summed E-state index contributed by atoms with van der Waals surface area (Å²) in [5.41, 5.74) is -0.0730. The van der Waals surface area contributed by atoms with E-state index in [1.54, 1.807) is 6.07 Å². The third-order valence-electron chi connectivity index (χ3n) is 5.80. The van der Waals surface area contributed by atoms with Crippen LogP contribution in [0.2, 0.25) is 0 Å². The van der Waals surface area contributed by atoms with Crippen molar-refractivity contribution in [3.63, 3.8) is 0 Å². The minimum absolute atomic E-state index is 0.0329. The van der Waals surface area contributed by atoms with Crippen molar-refractivity contribution in [3.8, 4) is 6.07 Å². The topological polar surface area (TPSA) is 111 Å². The van der Waals surface area contributed by atoms with Crippen molar-refractivity contribution in [1.29, 1.82) is 10.7 Å². The van der Waals surface area contributed by atoms with Crippen LogP contribution < -0.4 is 0 Å². The third-order valence-corrected chi connectivity index (χ3v) is 5.80. The summed E-state index contributed by atoms with van der Waals surface area (Å²) in [5.74, 6) is -2.02. The van der Waals surface area contributed by atoms with Gasteiger partial charge in [0.2, 0.25) is 5.91 Å². The van der Waals surface area contributed by atoms with Gasteiger partial charge in [0.15, 0.2) is 12.4 Å². The van der Waals surface area contributed by atoms with E-state index in [9.17, 15) is 14.4 Å². The van der Waals surface area contributed by atoms with E-state index in [0.29, 0.717) is 18.4 Å². The second kappa shape index (κ2) is 8.43. The van der Waals surface area contributed by atoms with E-state index in [1.165, 1.54) is 13.3 Å². The molecule has 1 saturated heterocycles. The summed E-state index contributed by atoms with van der Waals surface area (Å²) in [6, 6.07) is 1.89. The van der Waals surface area contributed by atoms with Crippen LogP contribution in [0, 0.1) is 40.4 Å². The zero-order chi connectivity index (χ0) is 19.4. The van der Waals surface area contributed by atoms with E-state index in [1.807, 2.05) is 4.90 Å². The lowest BCUT2D eigenvalue weighted by atomic mass is 9.77. The Morgan fingerprint density at radius 2 is 2.08 bits per heavy atom. The number of hydrogen-bond acceptors (Lipinski definition) is 6. The highest BCUT2D eigenvalue weighted by Crippen LogP contribution is 2.35. The molecule has 0 bridgehead atoms. The van der Waals surface area contributed by atoms with Crippen LogP contribution >= 0.6 is 0 Å². The molecular formula is C19H27N3O4. The maximum absolute atomic E-state index is 12.4. The lowest BCUT2D eigenvalue weighted by molar-refractivity contribution is -0.152. The van der Waals surface area contributed by atoms with Crippen molar-refractivity contribution < 1.29 is 19.1 Å². The number of esters is 1. The molecule has 2 aliphatic rings. The minimum Gasteiger partial charge on any atom is -0.457 e. The molecule has 2 fully saturated rings. The van der Waals surface area contributed by atoms with Gasteiger partial charge in [-0.1, -0.05) is 26.7 Å². The van der Waals surface area contributed by atoms with Crippen molar-refractivity contribution in [2.75, 3.05) is 13.2 Å². The number of nitriles is 1. The zero-order valence-electron chi connectivity index (χ0n) is 15.7. The number of amides is 1. The van der Waals surface area contributed by atoms with Crippen LogP contribution in [-0.2, 0) is 19.1 Å². The summed E-state index contributed by atoms with van der Waals surface area (Å²) in [6.07, 6.45) is 3.32. The fourth-order valence-electron chi connectivity index (χ4n) is 3.96. The summed E-state index contributed by atoms with van der Waals surface area (Å²) in [7, 11) is 0. The Labute approximate surface area is 154 Å². The number of likely N-dealkylation sites (tertiary alicyclic amines) is 1. The number of rotatable bonds is 6. The third kappa shape index (κ3) is 4.29. The molecule has 1 aliphatic carbocycles. The van der Waals surface area contributed by atoms with Gasteiger partial charge in [-0.15, -0.1) is 0 Å². The molecule has 0 aromatic rings. The molecule has 1 N–H and O–H groups in total. The second-order valence-corrected chi connectivity index (χ2v) is 7.60. The molecule has 1 amide bonds. The largest absolute Gasteiger partial charge is 0.457 e. The van der Waals surface area contributed by atoms with Gasteiger partial charge >= 0.3 is 5.97 Å². The van der Waals surface area contributed by atoms with E-state index in [-0.39, 0.29) is 24.1 Å². The maximum atomic E-state index is 12.4. The monoisotopic (exact) mass is 361 g/mol. The summed E-state index contributed by atoms with van der Waals surface area (Å²) >= 11 is 0. The molecular weight excluding hydrogens is 334 g/mol. The highest BCUT2D eigenvalue weighted by Gasteiger charge is 2.42. The lowest BCUT2D eigenvalue weighted by Crippen LogP contribution is -2.45. The SMILES string of the molecule is CC(=N)[C@@H](C#N)C(=O)COC(=O)[C@@H]1CC(=O)N([C@@H]2CCC[C@@H](C)[C@H]2C)C1.